The van der Waals surface area contributed by atoms with E-state index >= 15 is 0 Å². The van der Waals surface area contributed by atoms with Crippen LogP contribution in [0.5, 0.6) is 0 Å². The van der Waals surface area contributed by atoms with Gasteiger partial charge in [-0.25, -0.2) is 0 Å². The van der Waals surface area contributed by atoms with Crippen molar-refractivity contribution < 1.29 is 4.79 Å². The predicted octanol–water partition coefficient (Wildman–Crippen LogP) is 2.38. The van der Waals surface area contributed by atoms with E-state index < -0.39 is 0 Å². The Balaban J connectivity index is 0.00000512. The summed E-state index contributed by atoms with van der Waals surface area (Å²) in [7, 11) is 5.75. The van der Waals surface area contributed by atoms with Crippen LogP contribution in [0.4, 0.5) is 0 Å². The molecule has 1 aromatic carbocycles. The van der Waals surface area contributed by atoms with Gasteiger partial charge in [0.15, 0.2) is 5.96 Å². The molecule has 1 aliphatic rings. The van der Waals surface area contributed by atoms with E-state index in [2.05, 4.69) is 54.3 Å². The maximum Gasteiger partial charge on any atom is 0.253 e. The van der Waals surface area contributed by atoms with Crippen LogP contribution in [0.2, 0.25) is 0 Å². The number of nitrogens with zero attached hydrogens (tertiary/aromatic N) is 4. The smallest absolute Gasteiger partial charge is 0.253 e. The highest BCUT2D eigenvalue weighted by Gasteiger charge is 2.24. The van der Waals surface area contributed by atoms with Crippen molar-refractivity contribution in [3.63, 3.8) is 0 Å². The fourth-order valence-electron chi connectivity index (χ4n) is 3.87. The molecule has 1 fully saturated rings. The van der Waals surface area contributed by atoms with Crippen LogP contribution >= 0.6 is 24.0 Å². The number of hydrogen-bond acceptors (Lipinski definition) is 4. The molecule has 1 aromatic rings. The number of benzene rings is 1. The Labute approximate surface area is 212 Å². The topological polar surface area (TPSA) is 63.2 Å². The molecule has 8 heteroatoms. The van der Waals surface area contributed by atoms with Gasteiger partial charge in [0, 0.05) is 65.0 Å². The molecule has 182 valence electrons. The molecule has 1 amide bonds. The number of nitrogens with one attached hydrogen (secondary N) is 2. The van der Waals surface area contributed by atoms with Crippen molar-refractivity contribution in [1.29, 1.82) is 0 Å². The molecular formula is C24H43IN6O. The molecule has 2 rings (SSSR count). The summed E-state index contributed by atoms with van der Waals surface area (Å²) in [5.41, 5.74) is 1.88. The molecule has 0 spiro atoms. The Morgan fingerprint density at radius 2 is 1.84 bits per heavy atom. The normalized spacial score (nSPS) is 16.4. The highest BCUT2D eigenvalue weighted by Crippen LogP contribution is 2.14. The second-order valence-corrected chi connectivity index (χ2v) is 8.95. The van der Waals surface area contributed by atoms with Gasteiger partial charge in [-0.2, -0.15) is 0 Å². The van der Waals surface area contributed by atoms with Gasteiger partial charge in [-0.05, 0) is 44.0 Å². The van der Waals surface area contributed by atoms with E-state index in [0.29, 0.717) is 12.0 Å². The number of rotatable bonds is 9. The Kier molecular flexibility index (Phi) is 13.2. The third-order valence-electron chi connectivity index (χ3n) is 5.84. The zero-order valence-electron chi connectivity index (χ0n) is 20.7. The average molecular weight is 559 g/mol. The van der Waals surface area contributed by atoms with Gasteiger partial charge in [-0.1, -0.05) is 26.0 Å². The number of aliphatic imine (C=N–C) groups is 1. The zero-order chi connectivity index (χ0) is 22.8. The lowest BCUT2D eigenvalue weighted by atomic mass is 10.0. The molecule has 1 heterocycles. The Hall–Kier alpha value is -1.39. The Morgan fingerprint density at radius 1 is 1.16 bits per heavy atom. The van der Waals surface area contributed by atoms with Crippen LogP contribution < -0.4 is 10.6 Å². The molecular weight excluding hydrogens is 515 g/mol. The van der Waals surface area contributed by atoms with E-state index in [1.807, 2.05) is 18.2 Å². The standard InChI is InChI=1S/C24H42N6O.HI/c1-7-25-24(27-18-22(19(2)3)30-15-13-29(6)14-16-30)26-12-11-20-9-8-10-21(17-20)23(31)28(4)5;/h8-10,17,19,22H,7,11-16,18H2,1-6H3,(H2,25,26,27);1H. The van der Waals surface area contributed by atoms with E-state index in [-0.39, 0.29) is 29.9 Å². The Bertz CT molecular complexity index is 716. The number of guanidine groups is 1. The van der Waals surface area contributed by atoms with Gasteiger partial charge in [0.25, 0.3) is 5.91 Å². The van der Waals surface area contributed by atoms with Crippen LogP contribution in [0.15, 0.2) is 29.3 Å². The largest absolute Gasteiger partial charge is 0.357 e. The van der Waals surface area contributed by atoms with Crippen LogP contribution in [-0.2, 0) is 6.42 Å². The van der Waals surface area contributed by atoms with E-state index in [4.69, 9.17) is 4.99 Å². The van der Waals surface area contributed by atoms with Crippen molar-refractivity contribution in [3.8, 4) is 0 Å². The van der Waals surface area contributed by atoms with Gasteiger partial charge in [0.1, 0.15) is 0 Å². The van der Waals surface area contributed by atoms with E-state index in [1.54, 1.807) is 19.0 Å². The van der Waals surface area contributed by atoms with Crippen molar-refractivity contribution >= 4 is 35.8 Å². The summed E-state index contributed by atoms with van der Waals surface area (Å²) in [6, 6.07) is 8.33. The summed E-state index contributed by atoms with van der Waals surface area (Å²) in [6.07, 6.45) is 0.838. The number of carbonyl (C=O) groups excluding carboxylic acids is 1. The van der Waals surface area contributed by atoms with Crippen molar-refractivity contribution in [2.45, 2.75) is 33.2 Å². The molecule has 7 nitrogen and oxygen atoms in total. The first kappa shape index (κ1) is 28.6. The molecule has 0 bridgehead atoms. The van der Waals surface area contributed by atoms with E-state index in [9.17, 15) is 4.79 Å². The lowest BCUT2D eigenvalue weighted by Gasteiger charge is -2.39. The summed E-state index contributed by atoms with van der Waals surface area (Å²) < 4.78 is 0. The second kappa shape index (κ2) is 14.7. The maximum atomic E-state index is 12.2. The number of halogens is 1. The van der Waals surface area contributed by atoms with Crippen LogP contribution in [0, 0.1) is 5.92 Å². The number of likely N-dealkylation sites (N-methyl/N-ethyl adjacent to an activating group) is 1. The second-order valence-electron chi connectivity index (χ2n) is 8.95. The molecule has 1 unspecified atom stereocenters. The number of hydrogen-bond donors (Lipinski definition) is 2. The fraction of sp³-hybridized carbons (Fsp3) is 0.667. The van der Waals surface area contributed by atoms with Gasteiger partial charge in [0.05, 0.1) is 6.54 Å². The average Bonchev–Trinajstić information content (AvgIpc) is 2.74. The molecule has 2 N–H and O–H groups in total. The molecule has 0 aromatic heterocycles. The molecule has 1 aliphatic heterocycles. The number of amides is 1. The monoisotopic (exact) mass is 558 g/mol. The third-order valence-corrected chi connectivity index (χ3v) is 5.84. The molecule has 0 aliphatic carbocycles. The van der Waals surface area contributed by atoms with Crippen LogP contribution in [0.25, 0.3) is 0 Å². The van der Waals surface area contributed by atoms with Gasteiger partial charge < -0.3 is 20.4 Å². The minimum absolute atomic E-state index is 0. The van der Waals surface area contributed by atoms with Crippen molar-refractivity contribution in [1.82, 2.24) is 25.3 Å². The van der Waals surface area contributed by atoms with Crippen molar-refractivity contribution in [2.24, 2.45) is 10.9 Å². The summed E-state index contributed by atoms with van der Waals surface area (Å²) >= 11 is 0. The first-order valence-electron chi connectivity index (χ1n) is 11.6. The van der Waals surface area contributed by atoms with Gasteiger partial charge >= 0.3 is 0 Å². The SMILES string of the molecule is CCNC(=NCC(C(C)C)N1CCN(C)CC1)NCCc1cccc(C(=O)N(C)C)c1.I. The van der Waals surface area contributed by atoms with E-state index in [1.165, 1.54) is 0 Å². The van der Waals surface area contributed by atoms with Crippen LogP contribution in [0.3, 0.4) is 0 Å². The molecule has 1 saturated heterocycles. The summed E-state index contributed by atoms with van der Waals surface area (Å²) in [5, 5.41) is 6.83. The predicted molar refractivity (Wildman–Crippen MR) is 145 cm³/mol. The minimum atomic E-state index is 0. The zero-order valence-corrected chi connectivity index (χ0v) is 23.1. The third kappa shape index (κ3) is 9.23. The summed E-state index contributed by atoms with van der Waals surface area (Å²) in [4.78, 5) is 23.7. The molecule has 1 atom stereocenters. The number of piperazine rings is 1. The molecule has 0 radical (unpaired) electrons. The summed E-state index contributed by atoms with van der Waals surface area (Å²) in [5.74, 6) is 1.46. The lowest BCUT2D eigenvalue weighted by Crippen LogP contribution is -2.52. The first-order chi connectivity index (χ1) is 14.8. The Morgan fingerprint density at radius 3 is 2.44 bits per heavy atom. The van der Waals surface area contributed by atoms with Crippen LogP contribution in [-0.4, -0.2) is 99.6 Å². The molecule has 0 saturated carbocycles. The lowest BCUT2D eigenvalue weighted by molar-refractivity contribution is 0.0827. The highest BCUT2D eigenvalue weighted by molar-refractivity contribution is 14.0. The van der Waals surface area contributed by atoms with E-state index in [0.717, 1.165) is 69.3 Å². The van der Waals surface area contributed by atoms with Gasteiger partial charge in [0.2, 0.25) is 0 Å². The molecule has 32 heavy (non-hydrogen) atoms. The van der Waals surface area contributed by atoms with Gasteiger partial charge in [-0.3, -0.25) is 14.7 Å². The highest BCUT2D eigenvalue weighted by atomic mass is 127. The van der Waals surface area contributed by atoms with Crippen molar-refractivity contribution in [3.05, 3.63) is 35.4 Å². The van der Waals surface area contributed by atoms with Crippen molar-refractivity contribution in [2.75, 3.05) is 67.0 Å². The first-order valence-corrected chi connectivity index (χ1v) is 11.6. The minimum Gasteiger partial charge on any atom is -0.357 e. The quantitative estimate of drug-likeness (QED) is 0.277. The number of carbonyl (C=O) groups is 1. The van der Waals surface area contributed by atoms with Crippen LogP contribution in [0.1, 0.15) is 36.7 Å². The summed E-state index contributed by atoms with van der Waals surface area (Å²) in [6.45, 7) is 13.5. The fourth-order valence-corrected chi connectivity index (χ4v) is 3.87. The van der Waals surface area contributed by atoms with Gasteiger partial charge in [-0.15, -0.1) is 24.0 Å². The maximum absolute atomic E-state index is 12.2.